The third-order valence-electron chi connectivity index (χ3n) is 4.71. The number of aromatic nitrogens is 1. The van der Waals surface area contributed by atoms with Gasteiger partial charge in [-0.2, -0.15) is 0 Å². The van der Waals surface area contributed by atoms with Crippen molar-refractivity contribution in [3.05, 3.63) is 48.3 Å². The molecule has 0 atom stereocenters. The molecule has 0 spiro atoms. The minimum atomic E-state index is -0.177. The SMILES string of the molecule is CCN(CC)c1ccc(NC(=O)c2ccc(N3CCCC3)cn2)cc1. The molecule has 1 amide bonds. The molecule has 0 aliphatic carbocycles. The van der Waals surface area contributed by atoms with Crippen LogP contribution in [0.3, 0.4) is 0 Å². The molecule has 0 radical (unpaired) electrons. The van der Waals surface area contributed by atoms with Crippen molar-refractivity contribution in [2.24, 2.45) is 0 Å². The molecule has 1 N–H and O–H groups in total. The summed E-state index contributed by atoms with van der Waals surface area (Å²) in [5, 5.41) is 2.92. The largest absolute Gasteiger partial charge is 0.372 e. The van der Waals surface area contributed by atoms with Gasteiger partial charge in [-0.05, 0) is 63.1 Å². The van der Waals surface area contributed by atoms with Gasteiger partial charge in [-0.1, -0.05) is 0 Å². The molecule has 2 heterocycles. The Morgan fingerprint density at radius 3 is 2.32 bits per heavy atom. The zero-order valence-corrected chi connectivity index (χ0v) is 15.0. The zero-order valence-electron chi connectivity index (χ0n) is 15.0. The summed E-state index contributed by atoms with van der Waals surface area (Å²) in [6.07, 6.45) is 4.25. The fourth-order valence-electron chi connectivity index (χ4n) is 3.22. The summed E-state index contributed by atoms with van der Waals surface area (Å²) in [5.74, 6) is -0.177. The van der Waals surface area contributed by atoms with Gasteiger partial charge in [0.05, 0.1) is 11.9 Å². The van der Waals surface area contributed by atoms with Crippen molar-refractivity contribution in [3.8, 4) is 0 Å². The second-order valence-electron chi connectivity index (χ2n) is 6.27. The van der Waals surface area contributed by atoms with Crippen molar-refractivity contribution in [2.75, 3.05) is 41.3 Å². The molecule has 1 fully saturated rings. The van der Waals surface area contributed by atoms with Gasteiger partial charge >= 0.3 is 0 Å². The summed E-state index contributed by atoms with van der Waals surface area (Å²) in [6.45, 7) is 8.36. The lowest BCUT2D eigenvalue weighted by molar-refractivity contribution is 0.102. The van der Waals surface area contributed by atoms with Gasteiger partial charge < -0.3 is 15.1 Å². The molecule has 5 heteroatoms. The number of hydrogen-bond acceptors (Lipinski definition) is 4. The van der Waals surface area contributed by atoms with Gasteiger partial charge in [0.25, 0.3) is 5.91 Å². The van der Waals surface area contributed by atoms with Crippen LogP contribution in [0.1, 0.15) is 37.2 Å². The van der Waals surface area contributed by atoms with Crippen molar-refractivity contribution < 1.29 is 4.79 Å². The highest BCUT2D eigenvalue weighted by molar-refractivity contribution is 6.03. The number of nitrogens with one attached hydrogen (secondary N) is 1. The molecule has 0 saturated carbocycles. The van der Waals surface area contributed by atoms with Crippen molar-refractivity contribution in [1.29, 1.82) is 0 Å². The van der Waals surface area contributed by atoms with Crippen LogP contribution >= 0.6 is 0 Å². The van der Waals surface area contributed by atoms with Gasteiger partial charge in [-0.15, -0.1) is 0 Å². The fraction of sp³-hybridized carbons (Fsp3) is 0.400. The number of pyridine rings is 1. The molecule has 0 bridgehead atoms. The maximum atomic E-state index is 12.4. The maximum Gasteiger partial charge on any atom is 0.274 e. The zero-order chi connectivity index (χ0) is 17.6. The lowest BCUT2D eigenvalue weighted by atomic mass is 10.2. The Balaban J connectivity index is 1.63. The summed E-state index contributed by atoms with van der Waals surface area (Å²) >= 11 is 0. The van der Waals surface area contributed by atoms with E-state index in [4.69, 9.17) is 0 Å². The van der Waals surface area contributed by atoms with Crippen LogP contribution in [0.2, 0.25) is 0 Å². The summed E-state index contributed by atoms with van der Waals surface area (Å²) < 4.78 is 0. The van der Waals surface area contributed by atoms with Crippen molar-refractivity contribution in [3.63, 3.8) is 0 Å². The number of carbonyl (C=O) groups excluding carboxylic acids is 1. The first-order valence-electron chi connectivity index (χ1n) is 9.08. The fourth-order valence-corrected chi connectivity index (χ4v) is 3.22. The molecule has 3 rings (SSSR count). The molecule has 2 aromatic rings. The Labute approximate surface area is 149 Å². The molecular weight excluding hydrogens is 312 g/mol. The maximum absolute atomic E-state index is 12.4. The predicted molar refractivity (Wildman–Crippen MR) is 104 cm³/mol. The predicted octanol–water partition coefficient (Wildman–Crippen LogP) is 3.78. The van der Waals surface area contributed by atoms with E-state index in [1.807, 2.05) is 30.3 Å². The van der Waals surface area contributed by atoms with Crippen LogP contribution in [0, 0.1) is 0 Å². The Morgan fingerprint density at radius 2 is 1.76 bits per heavy atom. The summed E-state index contributed by atoms with van der Waals surface area (Å²) in [6, 6.07) is 11.7. The van der Waals surface area contributed by atoms with Crippen LogP contribution < -0.4 is 15.1 Å². The monoisotopic (exact) mass is 338 g/mol. The Hall–Kier alpha value is -2.56. The van der Waals surface area contributed by atoms with Crippen molar-refractivity contribution in [2.45, 2.75) is 26.7 Å². The number of hydrogen-bond donors (Lipinski definition) is 1. The quantitative estimate of drug-likeness (QED) is 0.871. The molecule has 1 aromatic carbocycles. The molecule has 1 saturated heterocycles. The standard InChI is InChI=1S/C20H26N4O/c1-3-23(4-2)17-9-7-16(8-10-17)22-20(25)19-12-11-18(15-21-19)24-13-5-6-14-24/h7-12,15H,3-6,13-14H2,1-2H3,(H,22,25). The second kappa shape index (κ2) is 8.01. The molecule has 5 nitrogen and oxygen atoms in total. The number of anilines is 3. The van der Waals surface area contributed by atoms with Gasteiger partial charge in [-0.3, -0.25) is 4.79 Å². The molecule has 1 aliphatic rings. The highest BCUT2D eigenvalue weighted by atomic mass is 16.1. The molecule has 1 aromatic heterocycles. The van der Waals surface area contributed by atoms with Crippen molar-refractivity contribution in [1.82, 2.24) is 4.98 Å². The second-order valence-corrected chi connectivity index (χ2v) is 6.27. The van der Waals surface area contributed by atoms with E-state index in [0.29, 0.717) is 5.69 Å². The molecule has 25 heavy (non-hydrogen) atoms. The van der Waals surface area contributed by atoms with E-state index in [2.05, 4.69) is 33.9 Å². The topological polar surface area (TPSA) is 48.5 Å². The van der Waals surface area contributed by atoms with Gasteiger partial charge in [0, 0.05) is 37.6 Å². The van der Waals surface area contributed by atoms with E-state index in [9.17, 15) is 4.79 Å². The molecule has 1 aliphatic heterocycles. The smallest absolute Gasteiger partial charge is 0.274 e. The van der Waals surface area contributed by atoms with Crippen LogP contribution in [-0.4, -0.2) is 37.1 Å². The molecule has 0 unspecified atom stereocenters. The summed E-state index contributed by atoms with van der Waals surface area (Å²) in [4.78, 5) is 21.3. The van der Waals surface area contributed by atoms with Gasteiger partial charge in [0.1, 0.15) is 5.69 Å². The average Bonchev–Trinajstić information content (AvgIpc) is 3.19. The minimum absolute atomic E-state index is 0.177. The third-order valence-corrected chi connectivity index (χ3v) is 4.71. The molecule has 132 valence electrons. The first kappa shape index (κ1) is 17.3. The average molecular weight is 338 g/mol. The van der Waals surface area contributed by atoms with Crippen LogP contribution in [0.4, 0.5) is 17.1 Å². The van der Waals surface area contributed by atoms with Gasteiger partial charge in [0.2, 0.25) is 0 Å². The van der Waals surface area contributed by atoms with E-state index in [1.54, 1.807) is 12.3 Å². The molecular formula is C20H26N4O. The van der Waals surface area contributed by atoms with Crippen molar-refractivity contribution >= 4 is 23.0 Å². The van der Waals surface area contributed by atoms with Crippen LogP contribution in [0.25, 0.3) is 0 Å². The highest BCUT2D eigenvalue weighted by Crippen LogP contribution is 2.20. The van der Waals surface area contributed by atoms with Gasteiger partial charge in [0.15, 0.2) is 0 Å². The van der Waals surface area contributed by atoms with E-state index < -0.39 is 0 Å². The Morgan fingerprint density at radius 1 is 1.08 bits per heavy atom. The van der Waals surface area contributed by atoms with Crippen LogP contribution in [0.5, 0.6) is 0 Å². The number of amides is 1. The number of rotatable bonds is 6. The highest BCUT2D eigenvalue weighted by Gasteiger charge is 2.14. The first-order valence-corrected chi connectivity index (χ1v) is 9.08. The van der Waals surface area contributed by atoms with E-state index in [0.717, 1.165) is 43.2 Å². The number of benzene rings is 1. The third kappa shape index (κ3) is 4.10. The van der Waals surface area contributed by atoms with Gasteiger partial charge in [-0.25, -0.2) is 4.98 Å². The number of carbonyl (C=O) groups is 1. The van der Waals surface area contributed by atoms with Crippen LogP contribution in [0.15, 0.2) is 42.6 Å². The Bertz CT molecular complexity index is 687. The summed E-state index contributed by atoms with van der Waals surface area (Å²) in [7, 11) is 0. The number of nitrogens with zero attached hydrogens (tertiary/aromatic N) is 3. The Kier molecular flexibility index (Phi) is 5.53. The lowest BCUT2D eigenvalue weighted by Gasteiger charge is -2.21. The minimum Gasteiger partial charge on any atom is -0.372 e. The van der Waals surface area contributed by atoms with Crippen LogP contribution in [-0.2, 0) is 0 Å². The van der Waals surface area contributed by atoms with E-state index in [-0.39, 0.29) is 5.91 Å². The lowest BCUT2D eigenvalue weighted by Crippen LogP contribution is -2.21. The van der Waals surface area contributed by atoms with E-state index in [1.165, 1.54) is 12.8 Å². The van der Waals surface area contributed by atoms with E-state index >= 15 is 0 Å². The first-order chi connectivity index (χ1) is 12.2. The summed E-state index contributed by atoms with van der Waals surface area (Å²) in [5.41, 5.74) is 3.48. The normalized spacial score (nSPS) is 13.8.